The van der Waals surface area contributed by atoms with Gasteiger partial charge in [-0.2, -0.15) is 5.06 Å². The first-order chi connectivity index (χ1) is 26.7. The van der Waals surface area contributed by atoms with Gasteiger partial charge in [-0.1, -0.05) is 45.0 Å². The summed E-state index contributed by atoms with van der Waals surface area (Å²) in [5.74, 6) is 1.01. The molecule has 2 amide bonds. The number of ether oxygens (including phenoxy) is 1. The Morgan fingerprint density at radius 3 is 2.52 bits per heavy atom. The molecule has 0 unspecified atom stereocenters. The van der Waals surface area contributed by atoms with Crippen molar-refractivity contribution in [2.24, 2.45) is 29.1 Å². The van der Waals surface area contributed by atoms with Crippen LogP contribution < -0.4 is 20.3 Å². The standard InChI is InChI=1S/C44H62N6O6/c1-27-36-23-32(44(36,3)4)24-37(27)47-43(54)40-39(28(2)52)38(26-51)56-50(40)25-29-12-11-14-35(41(29)55-19-18-48(5)6)30-20-31(22-34(21-30)49(7)8)42(53)46-17-15-33-13-9-10-16-45-33/h9-14,16,20-22,27-28,32,36-40,51-52H,15,17-19,23-26H2,1-8H3,(H,46,53)(H,47,54)/t27-,28-,32+,36-,37-,38-,39+,40-/m0/s1. The highest BCUT2D eigenvalue weighted by Crippen LogP contribution is 2.61. The Balaban J connectivity index is 1.31. The first-order valence-corrected chi connectivity index (χ1v) is 20.1. The van der Waals surface area contributed by atoms with Gasteiger partial charge in [-0.15, -0.1) is 0 Å². The maximum Gasteiger partial charge on any atom is 0.251 e. The predicted octanol–water partition coefficient (Wildman–Crippen LogP) is 4.39. The van der Waals surface area contributed by atoms with E-state index in [1.165, 1.54) is 6.42 Å². The average molecular weight is 771 g/mol. The van der Waals surface area contributed by atoms with Gasteiger partial charge in [0, 0.05) is 79.8 Å². The number of aromatic nitrogens is 1. The van der Waals surface area contributed by atoms with E-state index in [2.05, 4.69) is 36.4 Å². The molecule has 2 aromatic carbocycles. The minimum Gasteiger partial charge on any atom is -0.491 e. The number of carbonyl (C=O) groups is 2. The number of para-hydroxylation sites is 1. The normalized spacial score (nSPS) is 26.0. The highest BCUT2D eigenvalue weighted by molar-refractivity contribution is 5.97. The molecule has 2 bridgehead atoms. The number of pyridine rings is 1. The number of anilines is 1. The molecule has 3 aromatic rings. The number of rotatable bonds is 16. The van der Waals surface area contributed by atoms with Crippen LogP contribution in [0.4, 0.5) is 5.69 Å². The molecular formula is C44H62N6O6. The number of fused-ring (bicyclic) bond motifs is 2. The van der Waals surface area contributed by atoms with Crippen LogP contribution in [0, 0.1) is 29.1 Å². The van der Waals surface area contributed by atoms with Crippen LogP contribution in [0.25, 0.3) is 11.1 Å². The number of nitrogens with zero attached hydrogens (tertiary/aromatic N) is 4. The Kier molecular flexibility index (Phi) is 13.1. The van der Waals surface area contributed by atoms with Crippen molar-refractivity contribution in [3.63, 3.8) is 0 Å². The van der Waals surface area contributed by atoms with Crippen molar-refractivity contribution in [3.05, 3.63) is 77.6 Å². The van der Waals surface area contributed by atoms with Crippen LogP contribution in [0.15, 0.2) is 60.8 Å². The Morgan fingerprint density at radius 1 is 1.09 bits per heavy atom. The van der Waals surface area contributed by atoms with E-state index in [-0.39, 0.29) is 36.4 Å². The highest BCUT2D eigenvalue weighted by atomic mass is 16.7. The summed E-state index contributed by atoms with van der Waals surface area (Å²) in [5, 5.41) is 29.5. The van der Waals surface area contributed by atoms with Crippen LogP contribution in [-0.4, -0.2) is 116 Å². The van der Waals surface area contributed by atoms with E-state index >= 15 is 0 Å². The Morgan fingerprint density at radius 2 is 1.88 bits per heavy atom. The van der Waals surface area contributed by atoms with Gasteiger partial charge in [-0.25, -0.2) is 0 Å². The number of amides is 2. The number of nitrogens with one attached hydrogen (secondary N) is 2. The fourth-order valence-electron chi connectivity index (χ4n) is 9.20. The van der Waals surface area contributed by atoms with Crippen molar-refractivity contribution < 1.29 is 29.4 Å². The Labute approximate surface area is 332 Å². The summed E-state index contributed by atoms with van der Waals surface area (Å²) < 4.78 is 6.61. The lowest BCUT2D eigenvalue weighted by Crippen LogP contribution is -2.62. The topological polar surface area (TPSA) is 140 Å². The average Bonchev–Trinajstić information content (AvgIpc) is 3.54. The van der Waals surface area contributed by atoms with E-state index in [0.717, 1.165) is 34.5 Å². The molecule has 8 atom stereocenters. The molecule has 12 heteroatoms. The molecule has 2 heterocycles. The van der Waals surface area contributed by atoms with E-state index in [4.69, 9.17) is 9.57 Å². The van der Waals surface area contributed by atoms with Crippen LogP contribution in [0.2, 0.25) is 0 Å². The molecular weight excluding hydrogens is 709 g/mol. The van der Waals surface area contributed by atoms with Crippen molar-refractivity contribution in [1.29, 1.82) is 0 Å². The molecule has 4 aliphatic rings. The quantitative estimate of drug-likeness (QED) is 0.166. The molecule has 0 radical (unpaired) electrons. The van der Waals surface area contributed by atoms with E-state index in [1.54, 1.807) is 18.2 Å². The van der Waals surface area contributed by atoms with Gasteiger partial charge in [0.15, 0.2) is 0 Å². The van der Waals surface area contributed by atoms with Gasteiger partial charge in [-0.05, 0) is 92.9 Å². The molecule has 1 aliphatic heterocycles. The zero-order valence-electron chi connectivity index (χ0n) is 34.4. The third-order valence-electron chi connectivity index (χ3n) is 12.7. The summed E-state index contributed by atoms with van der Waals surface area (Å²) in [6.07, 6.45) is 2.81. The third-order valence-corrected chi connectivity index (χ3v) is 12.7. The van der Waals surface area contributed by atoms with Crippen LogP contribution in [-0.2, 0) is 22.6 Å². The van der Waals surface area contributed by atoms with Gasteiger partial charge in [-0.3, -0.25) is 19.4 Å². The van der Waals surface area contributed by atoms with Gasteiger partial charge >= 0.3 is 0 Å². The summed E-state index contributed by atoms with van der Waals surface area (Å²) >= 11 is 0. The van der Waals surface area contributed by atoms with Gasteiger partial charge < -0.3 is 35.4 Å². The molecule has 4 fully saturated rings. The van der Waals surface area contributed by atoms with E-state index in [0.29, 0.717) is 55.2 Å². The monoisotopic (exact) mass is 770 g/mol. The number of carbonyl (C=O) groups excluding carboxylic acids is 2. The number of aliphatic hydroxyl groups excluding tert-OH is 2. The lowest BCUT2D eigenvalue weighted by molar-refractivity contribution is -0.183. The zero-order valence-corrected chi connectivity index (χ0v) is 34.4. The van der Waals surface area contributed by atoms with Crippen molar-refractivity contribution in [2.45, 2.75) is 77.8 Å². The van der Waals surface area contributed by atoms with E-state index in [9.17, 15) is 19.8 Å². The van der Waals surface area contributed by atoms with Crippen molar-refractivity contribution in [2.75, 3.05) is 59.4 Å². The Hall–Kier alpha value is -4.07. The molecule has 4 N–H and O–H groups in total. The number of benzene rings is 2. The summed E-state index contributed by atoms with van der Waals surface area (Å²) in [5.41, 5.74) is 4.90. The predicted molar refractivity (Wildman–Crippen MR) is 218 cm³/mol. The van der Waals surface area contributed by atoms with E-state index < -0.39 is 24.2 Å². The SMILES string of the molecule is C[C@@H]1[C@@H](NC(=O)[C@@H]2[C@H]([C@H](C)O)[C@H](CO)ON2Cc2cccc(-c3cc(C(=O)NCCc4ccccn4)cc(N(C)C)c3)c2OCCN(C)C)C[C@H]2C[C@@H]1C2(C)C. The maximum absolute atomic E-state index is 14.4. The number of hydrogen-bond acceptors (Lipinski definition) is 10. The molecule has 56 heavy (non-hydrogen) atoms. The largest absolute Gasteiger partial charge is 0.491 e. The molecule has 1 aromatic heterocycles. The molecule has 3 saturated carbocycles. The highest BCUT2D eigenvalue weighted by Gasteiger charge is 2.57. The van der Waals surface area contributed by atoms with Crippen molar-refractivity contribution >= 4 is 17.5 Å². The fourth-order valence-corrected chi connectivity index (χ4v) is 9.20. The van der Waals surface area contributed by atoms with E-state index in [1.807, 2.05) is 92.6 Å². The summed E-state index contributed by atoms with van der Waals surface area (Å²) in [7, 11) is 7.85. The van der Waals surface area contributed by atoms with Crippen LogP contribution in [0.3, 0.4) is 0 Å². The minimum absolute atomic E-state index is 0.0302. The number of likely N-dealkylation sites (N-methyl/N-ethyl adjacent to an activating group) is 1. The molecule has 3 aliphatic carbocycles. The molecule has 304 valence electrons. The smallest absolute Gasteiger partial charge is 0.251 e. The second kappa shape index (κ2) is 17.6. The van der Waals surface area contributed by atoms with Gasteiger partial charge in [0.05, 0.1) is 19.3 Å². The number of hydroxylamine groups is 2. The summed E-state index contributed by atoms with van der Waals surface area (Å²) in [6.45, 7) is 9.89. The van der Waals surface area contributed by atoms with Gasteiger partial charge in [0.25, 0.3) is 5.91 Å². The van der Waals surface area contributed by atoms with Gasteiger partial charge in [0.2, 0.25) is 5.91 Å². The first kappa shape index (κ1) is 41.6. The lowest BCUT2D eigenvalue weighted by Gasteiger charge is -2.62. The van der Waals surface area contributed by atoms with Crippen LogP contribution >= 0.6 is 0 Å². The van der Waals surface area contributed by atoms with Crippen LogP contribution in [0.5, 0.6) is 5.75 Å². The van der Waals surface area contributed by atoms with Crippen molar-refractivity contribution in [3.8, 4) is 16.9 Å². The zero-order chi connectivity index (χ0) is 40.3. The fraction of sp³-hybridized carbons (Fsp3) is 0.568. The molecule has 12 nitrogen and oxygen atoms in total. The molecule has 0 spiro atoms. The maximum atomic E-state index is 14.4. The summed E-state index contributed by atoms with van der Waals surface area (Å²) in [4.78, 5) is 42.7. The van der Waals surface area contributed by atoms with Gasteiger partial charge in [0.1, 0.15) is 24.5 Å². The Bertz CT molecular complexity index is 1820. The lowest BCUT2D eigenvalue weighted by atomic mass is 9.45. The van der Waals surface area contributed by atoms with Crippen molar-refractivity contribution in [1.82, 2.24) is 25.6 Å². The third kappa shape index (κ3) is 8.89. The molecule has 1 saturated heterocycles. The second-order valence-corrected chi connectivity index (χ2v) is 17.2. The minimum atomic E-state index is -0.909. The second-order valence-electron chi connectivity index (χ2n) is 17.2. The number of hydrogen-bond donors (Lipinski definition) is 4. The first-order valence-electron chi connectivity index (χ1n) is 20.1. The molecule has 7 rings (SSSR count). The summed E-state index contributed by atoms with van der Waals surface area (Å²) in [6, 6.07) is 16.6. The number of aliphatic hydroxyl groups is 2. The van der Waals surface area contributed by atoms with Crippen LogP contribution in [0.1, 0.15) is 62.2 Å².